The van der Waals surface area contributed by atoms with Crippen molar-refractivity contribution in [3.63, 3.8) is 0 Å². The predicted molar refractivity (Wildman–Crippen MR) is 55.0 cm³/mol. The molecule has 1 rings (SSSR count). The summed E-state index contributed by atoms with van der Waals surface area (Å²) in [5.74, 6) is 4.52. The van der Waals surface area contributed by atoms with Gasteiger partial charge in [-0.05, 0) is 12.1 Å². The van der Waals surface area contributed by atoms with Crippen LogP contribution in [0.5, 0.6) is 0 Å². The smallest absolute Gasteiger partial charge is 0.337 e. The third-order valence-corrected chi connectivity index (χ3v) is 1.96. The Morgan fingerprint density at radius 2 is 2.25 bits per heavy atom. The number of esters is 1. The number of pyridine rings is 1. The van der Waals surface area contributed by atoms with Crippen LogP contribution in [0.15, 0.2) is 18.2 Å². The average Bonchev–Trinajstić information content (AvgIpc) is 2.36. The van der Waals surface area contributed by atoms with E-state index in [1.165, 1.54) is 6.07 Å². The predicted octanol–water partition coefficient (Wildman–Crippen LogP) is -1.07. The Morgan fingerprint density at radius 3 is 2.81 bits per heavy atom. The summed E-state index contributed by atoms with van der Waals surface area (Å²) in [6.45, 7) is 0. The number of carbonyl (C=O) groups excluding carboxylic acids is 1. The van der Waals surface area contributed by atoms with E-state index < -0.39 is 18.2 Å². The molecule has 0 saturated carbocycles. The molecule has 0 aliphatic rings. The monoisotopic (exact) mass is 227 g/mol. The first-order chi connectivity index (χ1) is 7.60. The number of nitrogens with zero attached hydrogens (tertiary/aromatic N) is 1. The average molecular weight is 227 g/mol. The molecule has 1 heterocycles. The quantitative estimate of drug-likeness (QED) is 0.294. The third kappa shape index (κ3) is 2.66. The number of aliphatic hydroxyl groups is 2. The maximum atomic E-state index is 11.0. The first-order valence-electron chi connectivity index (χ1n) is 4.47. The fourth-order valence-corrected chi connectivity index (χ4v) is 1.11. The van der Waals surface area contributed by atoms with E-state index in [1.807, 2.05) is 0 Å². The third-order valence-electron chi connectivity index (χ3n) is 1.96. The molecule has 0 aliphatic heterocycles. The van der Waals surface area contributed by atoms with Gasteiger partial charge in [0.2, 0.25) is 0 Å². The summed E-state index contributed by atoms with van der Waals surface area (Å²) in [6.07, 6.45) is -3.13. The highest BCUT2D eigenvalue weighted by Gasteiger charge is 2.27. The molecule has 0 fully saturated rings. The lowest BCUT2D eigenvalue weighted by Crippen LogP contribution is -2.29. The number of ether oxygens (including phenoxy) is 1. The van der Waals surface area contributed by atoms with Crippen molar-refractivity contribution < 1.29 is 19.7 Å². The number of carbonyl (C=O) groups is 1. The first-order valence-corrected chi connectivity index (χ1v) is 4.47. The molecule has 7 nitrogen and oxygen atoms in total. The Hall–Kier alpha value is -1.70. The lowest BCUT2D eigenvalue weighted by Gasteiger charge is -2.15. The Balaban J connectivity index is 2.86. The maximum absolute atomic E-state index is 11.0. The molecule has 2 atom stereocenters. The number of hydrogen-bond acceptors (Lipinski definition) is 7. The molecule has 2 unspecified atom stereocenters. The van der Waals surface area contributed by atoms with Crippen LogP contribution in [0.2, 0.25) is 0 Å². The van der Waals surface area contributed by atoms with E-state index in [4.69, 9.17) is 5.84 Å². The van der Waals surface area contributed by atoms with Gasteiger partial charge in [0.05, 0.1) is 12.8 Å². The molecular formula is C9H13N3O4. The molecule has 0 aromatic carbocycles. The number of aliphatic hydroxyl groups excluding tert-OH is 2. The van der Waals surface area contributed by atoms with Crippen LogP contribution in [-0.2, 0) is 9.53 Å². The zero-order valence-corrected chi connectivity index (χ0v) is 8.62. The van der Waals surface area contributed by atoms with Crippen molar-refractivity contribution in [3.05, 3.63) is 23.9 Å². The second-order valence-corrected chi connectivity index (χ2v) is 3.00. The van der Waals surface area contributed by atoms with Gasteiger partial charge < -0.3 is 20.4 Å². The molecule has 1 aromatic rings. The van der Waals surface area contributed by atoms with Crippen LogP contribution < -0.4 is 11.3 Å². The van der Waals surface area contributed by atoms with Crippen molar-refractivity contribution in [2.24, 2.45) is 5.84 Å². The van der Waals surface area contributed by atoms with Crippen molar-refractivity contribution in [2.75, 3.05) is 12.5 Å². The molecule has 0 bridgehead atoms. The molecule has 0 amide bonds. The molecule has 5 N–H and O–H groups in total. The minimum Gasteiger partial charge on any atom is -0.467 e. The first kappa shape index (κ1) is 12.4. The molecule has 0 spiro atoms. The van der Waals surface area contributed by atoms with Gasteiger partial charge in [0, 0.05) is 0 Å². The van der Waals surface area contributed by atoms with Crippen LogP contribution in [0.25, 0.3) is 0 Å². The van der Waals surface area contributed by atoms with Gasteiger partial charge in [-0.25, -0.2) is 15.6 Å². The number of methoxy groups -OCH3 is 1. The minimum absolute atomic E-state index is 0.119. The second kappa shape index (κ2) is 5.40. The minimum atomic E-state index is -1.68. The fraction of sp³-hybridized carbons (Fsp3) is 0.333. The summed E-state index contributed by atoms with van der Waals surface area (Å²) >= 11 is 0. The van der Waals surface area contributed by atoms with E-state index in [1.54, 1.807) is 12.1 Å². The topological polar surface area (TPSA) is 118 Å². The zero-order valence-electron chi connectivity index (χ0n) is 8.62. The summed E-state index contributed by atoms with van der Waals surface area (Å²) < 4.78 is 4.29. The lowest BCUT2D eigenvalue weighted by atomic mass is 10.1. The van der Waals surface area contributed by atoms with Gasteiger partial charge in [0.25, 0.3) is 0 Å². The molecule has 16 heavy (non-hydrogen) atoms. The van der Waals surface area contributed by atoms with E-state index in [0.717, 1.165) is 7.11 Å². The van der Waals surface area contributed by atoms with E-state index in [9.17, 15) is 15.0 Å². The second-order valence-electron chi connectivity index (χ2n) is 3.00. The van der Waals surface area contributed by atoms with Crippen LogP contribution >= 0.6 is 0 Å². The van der Waals surface area contributed by atoms with Gasteiger partial charge in [-0.1, -0.05) is 6.07 Å². The largest absolute Gasteiger partial charge is 0.467 e. The van der Waals surface area contributed by atoms with Gasteiger partial charge in [-0.3, -0.25) is 0 Å². The van der Waals surface area contributed by atoms with E-state index in [2.05, 4.69) is 15.1 Å². The lowest BCUT2D eigenvalue weighted by molar-refractivity contribution is -0.157. The van der Waals surface area contributed by atoms with Crippen LogP contribution in [0.4, 0.5) is 5.82 Å². The van der Waals surface area contributed by atoms with Crippen molar-refractivity contribution in [1.82, 2.24) is 4.98 Å². The number of hydrazine groups is 1. The number of nitrogens with one attached hydrogen (secondary N) is 1. The van der Waals surface area contributed by atoms with Gasteiger partial charge >= 0.3 is 5.97 Å². The Labute approximate surface area is 91.8 Å². The SMILES string of the molecule is COC(=O)C(O)C(O)c1cccc(NN)n1. The number of nitrogens with two attached hydrogens (primary N) is 1. The molecule has 7 heteroatoms. The Kier molecular flexibility index (Phi) is 4.18. The number of rotatable bonds is 4. The Bertz CT molecular complexity index is 372. The van der Waals surface area contributed by atoms with E-state index >= 15 is 0 Å². The van der Waals surface area contributed by atoms with Crippen molar-refractivity contribution in [3.8, 4) is 0 Å². The molecular weight excluding hydrogens is 214 g/mol. The van der Waals surface area contributed by atoms with E-state index in [0.29, 0.717) is 5.82 Å². The maximum Gasteiger partial charge on any atom is 0.337 e. The Morgan fingerprint density at radius 1 is 1.56 bits per heavy atom. The van der Waals surface area contributed by atoms with Gasteiger partial charge in [-0.2, -0.15) is 0 Å². The number of aromatic nitrogens is 1. The molecule has 1 aromatic heterocycles. The standard InChI is InChI=1S/C9H13N3O4/c1-16-9(15)8(14)7(13)5-3-2-4-6(11-5)12-10/h2-4,7-8,13-14H,10H2,1H3,(H,11,12). The van der Waals surface area contributed by atoms with Crippen molar-refractivity contribution in [2.45, 2.75) is 12.2 Å². The highest BCUT2D eigenvalue weighted by molar-refractivity contribution is 5.75. The van der Waals surface area contributed by atoms with Crippen LogP contribution in [0.3, 0.4) is 0 Å². The van der Waals surface area contributed by atoms with Crippen molar-refractivity contribution >= 4 is 11.8 Å². The summed E-state index contributed by atoms with van der Waals surface area (Å²) in [5, 5.41) is 19.0. The van der Waals surface area contributed by atoms with Crippen LogP contribution in [-0.4, -0.2) is 34.4 Å². The zero-order chi connectivity index (χ0) is 12.1. The highest BCUT2D eigenvalue weighted by atomic mass is 16.5. The normalized spacial score (nSPS) is 14.0. The molecule has 0 saturated heterocycles. The number of nitrogen functional groups attached to an aromatic ring is 1. The van der Waals surface area contributed by atoms with Crippen LogP contribution in [0.1, 0.15) is 11.8 Å². The van der Waals surface area contributed by atoms with Gasteiger partial charge in [0.1, 0.15) is 11.9 Å². The number of anilines is 1. The molecule has 88 valence electrons. The number of hydrogen-bond donors (Lipinski definition) is 4. The highest BCUT2D eigenvalue weighted by Crippen LogP contribution is 2.17. The molecule has 0 aliphatic carbocycles. The summed E-state index contributed by atoms with van der Waals surface area (Å²) in [4.78, 5) is 14.9. The summed E-state index contributed by atoms with van der Waals surface area (Å²) in [7, 11) is 1.11. The summed E-state index contributed by atoms with van der Waals surface area (Å²) in [5.41, 5.74) is 2.40. The molecule has 0 radical (unpaired) electrons. The fourth-order valence-electron chi connectivity index (χ4n) is 1.11. The van der Waals surface area contributed by atoms with Gasteiger partial charge in [0.15, 0.2) is 6.10 Å². The van der Waals surface area contributed by atoms with Crippen LogP contribution in [0, 0.1) is 0 Å². The van der Waals surface area contributed by atoms with Crippen molar-refractivity contribution in [1.29, 1.82) is 0 Å². The summed E-state index contributed by atoms with van der Waals surface area (Å²) in [6, 6.07) is 4.60. The van der Waals surface area contributed by atoms with Gasteiger partial charge in [-0.15, -0.1) is 0 Å². The van der Waals surface area contributed by atoms with E-state index in [-0.39, 0.29) is 5.69 Å².